The molecule has 1 heterocycles. The van der Waals surface area contributed by atoms with Crippen molar-refractivity contribution in [1.82, 2.24) is 25.9 Å². The highest BCUT2D eigenvalue weighted by atomic mass is 16.4. The van der Waals surface area contributed by atoms with E-state index in [-0.39, 0.29) is 37.5 Å². The summed E-state index contributed by atoms with van der Waals surface area (Å²) < 4.78 is 0. The topological polar surface area (TPSA) is 217 Å². The van der Waals surface area contributed by atoms with E-state index in [0.717, 1.165) is 0 Å². The number of imidazole rings is 1. The Morgan fingerprint density at radius 2 is 1.42 bits per heavy atom. The highest BCUT2D eigenvalue weighted by Gasteiger charge is 2.31. The largest absolute Gasteiger partial charge is 0.481 e. The SMILES string of the molecule is CC(C)CC(NC(=O)C(CCC(=O)O)NC(=O)C(CC(C)C)NC(=O)C(N)Cc1cnc[nH]1)C(=O)O. The molecular weight excluding hydrogens is 472 g/mol. The van der Waals surface area contributed by atoms with Crippen LogP contribution in [0.4, 0.5) is 0 Å². The van der Waals surface area contributed by atoms with Gasteiger partial charge in [-0.2, -0.15) is 0 Å². The molecule has 4 unspecified atom stereocenters. The number of aromatic nitrogens is 2. The molecule has 0 aliphatic carbocycles. The number of hydrogen-bond donors (Lipinski definition) is 7. The van der Waals surface area contributed by atoms with Gasteiger partial charge in [0.2, 0.25) is 17.7 Å². The van der Waals surface area contributed by atoms with Crippen LogP contribution in [0.15, 0.2) is 12.5 Å². The van der Waals surface area contributed by atoms with Crippen LogP contribution in [0.2, 0.25) is 0 Å². The summed E-state index contributed by atoms with van der Waals surface area (Å²) in [5.74, 6) is -4.57. The Balaban J connectivity index is 2.98. The van der Waals surface area contributed by atoms with Gasteiger partial charge in [0.05, 0.1) is 12.4 Å². The third-order valence-electron chi connectivity index (χ3n) is 5.27. The van der Waals surface area contributed by atoms with Crippen molar-refractivity contribution in [2.75, 3.05) is 0 Å². The van der Waals surface area contributed by atoms with E-state index in [1.807, 2.05) is 13.8 Å². The second-order valence-electron chi connectivity index (χ2n) is 9.60. The second kappa shape index (κ2) is 14.8. The van der Waals surface area contributed by atoms with E-state index in [1.165, 1.54) is 12.5 Å². The number of carbonyl (C=O) groups excluding carboxylic acids is 3. The molecule has 0 radical (unpaired) electrons. The molecule has 4 atom stereocenters. The van der Waals surface area contributed by atoms with Crippen LogP contribution in [0.25, 0.3) is 0 Å². The van der Waals surface area contributed by atoms with Gasteiger partial charge in [0.1, 0.15) is 18.1 Å². The molecule has 0 aromatic carbocycles. The van der Waals surface area contributed by atoms with Gasteiger partial charge in [-0.15, -0.1) is 0 Å². The van der Waals surface area contributed by atoms with Gasteiger partial charge >= 0.3 is 11.9 Å². The van der Waals surface area contributed by atoms with Crippen molar-refractivity contribution in [3.05, 3.63) is 18.2 Å². The van der Waals surface area contributed by atoms with Crippen LogP contribution >= 0.6 is 0 Å². The molecule has 0 saturated heterocycles. The van der Waals surface area contributed by atoms with Crippen LogP contribution in [0.1, 0.15) is 59.1 Å². The maximum absolute atomic E-state index is 13.1. The fraction of sp³-hybridized carbons (Fsp3) is 0.652. The van der Waals surface area contributed by atoms with Crippen molar-refractivity contribution in [1.29, 1.82) is 0 Å². The molecule has 8 N–H and O–H groups in total. The molecule has 1 rings (SSSR count). The minimum atomic E-state index is -1.31. The first-order valence-corrected chi connectivity index (χ1v) is 11.9. The molecule has 0 spiro atoms. The van der Waals surface area contributed by atoms with E-state index < -0.39 is 60.2 Å². The van der Waals surface area contributed by atoms with Gasteiger partial charge in [-0.05, 0) is 31.1 Å². The first-order valence-electron chi connectivity index (χ1n) is 11.9. The van der Waals surface area contributed by atoms with E-state index in [1.54, 1.807) is 13.8 Å². The Kier molecular flexibility index (Phi) is 12.6. The summed E-state index contributed by atoms with van der Waals surface area (Å²) in [7, 11) is 0. The summed E-state index contributed by atoms with van der Waals surface area (Å²) in [6.07, 6.45) is 2.83. The van der Waals surface area contributed by atoms with Crippen LogP contribution in [0, 0.1) is 11.8 Å². The number of hydrogen-bond acceptors (Lipinski definition) is 7. The van der Waals surface area contributed by atoms with Gasteiger partial charge in [0, 0.05) is 24.7 Å². The third kappa shape index (κ3) is 11.3. The fourth-order valence-corrected chi connectivity index (χ4v) is 3.48. The lowest BCUT2D eigenvalue weighted by molar-refractivity contribution is -0.143. The minimum absolute atomic E-state index is 0.0152. The second-order valence-corrected chi connectivity index (χ2v) is 9.60. The van der Waals surface area contributed by atoms with Gasteiger partial charge in [-0.25, -0.2) is 9.78 Å². The number of carboxylic acids is 2. The smallest absolute Gasteiger partial charge is 0.326 e. The molecule has 36 heavy (non-hydrogen) atoms. The molecule has 13 nitrogen and oxygen atoms in total. The summed E-state index contributed by atoms with van der Waals surface area (Å²) in [5.41, 5.74) is 6.61. The molecule has 13 heteroatoms. The zero-order valence-electron chi connectivity index (χ0n) is 21.1. The summed E-state index contributed by atoms with van der Waals surface area (Å²) in [5, 5.41) is 26.0. The maximum atomic E-state index is 13.1. The molecular formula is C23H38N6O7. The van der Waals surface area contributed by atoms with E-state index in [9.17, 15) is 29.1 Å². The molecule has 3 amide bonds. The lowest BCUT2D eigenvalue weighted by atomic mass is 10.0. The van der Waals surface area contributed by atoms with Crippen LogP contribution in [-0.4, -0.2) is 74.0 Å². The predicted molar refractivity (Wildman–Crippen MR) is 129 cm³/mol. The summed E-state index contributed by atoms with van der Waals surface area (Å²) in [6.45, 7) is 7.27. The van der Waals surface area contributed by atoms with Gasteiger partial charge in [0.25, 0.3) is 0 Å². The molecule has 0 aliphatic rings. The standard InChI is InChI=1S/C23H38N6O7/c1-12(2)7-17(28-20(32)15(24)9-14-10-25-11-26-14)22(34)27-16(5-6-19(30)31)21(33)29-18(23(35)36)8-13(3)4/h10-13,15-18H,5-9,24H2,1-4H3,(H,25,26)(H,27,34)(H,28,32)(H,29,33)(H,30,31)(H,35,36). The van der Waals surface area contributed by atoms with E-state index in [4.69, 9.17) is 10.8 Å². The molecule has 0 fully saturated rings. The zero-order chi connectivity index (χ0) is 27.4. The fourth-order valence-electron chi connectivity index (χ4n) is 3.48. The van der Waals surface area contributed by atoms with Crippen molar-refractivity contribution >= 4 is 29.7 Å². The number of carboxylic acid groups (broad SMARTS) is 2. The van der Waals surface area contributed by atoms with Crippen molar-refractivity contribution in [2.45, 2.75) is 84.0 Å². The van der Waals surface area contributed by atoms with Gasteiger partial charge < -0.3 is 36.9 Å². The molecule has 1 aromatic heterocycles. The molecule has 1 aromatic rings. The number of H-pyrrole nitrogens is 1. The summed E-state index contributed by atoms with van der Waals surface area (Å²) >= 11 is 0. The normalized spacial score (nSPS) is 14.5. The predicted octanol–water partition coefficient (Wildman–Crippen LogP) is -0.224. The van der Waals surface area contributed by atoms with Crippen molar-refractivity contribution in [3.8, 4) is 0 Å². The first kappa shape index (κ1) is 30.6. The third-order valence-corrected chi connectivity index (χ3v) is 5.27. The number of nitrogens with two attached hydrogens (primary N) is 1. The maximum Gasteiger partial charge on any atom is 0.326 e. The van der Waals surface area contributed by atoms with E-state index >= 15 is 0 Å². The van der Waals surface area contributed by atoms with Crippen LogP contribution in [-0.2, 0) is 30.4 Å². The van der Waals surface area contributed by atoms with Gasteiger partial charge in [0.15, 0.2) is 0 Å². The Bertz CT molecular complexity index is 888. The average molecular weight is 511 g/mol. The van der Waals surface area contributed by atoms with E-state index in [0.29, 0.717) is 5.69 Å². The molecule has 202 valence electrons. The van der Waals surface area contributed by atoms with Gasteiger partial charge in [-0.1, -0.05) is 27.7 Å². The summed E-state index contributed by atoms with van der Waals surface area (Å²) in [4.78, 5) is 67.9. The highest BCUT2D eigenvalue weighted by molar-refractivity contribution is 5.94. The Hall–Kier alpha value is -3.48. The lowest BCUT2D eigenvalue weighted by Gasteiger charge is -2.26. The number of rotatable bonds is 16. The molecule has 0 saturated carbocycles. The highest BCUT2D eigenvalue weighted by Crippen LogP contribution is 2.10. The van der Waals surface area contributed by atoms with E-state index in [2.05, 4.69) is 25.9 Å². The Morgan fingerprint density at radius 3 is 1.92 bits per heavy atom. The number of aliphatic carboxylic acids is 2. The van der Waals surface area contributed by atoms with Crippen LogP contribution < -0.4 is 21.7 Å². The quantitative estimate of drug-likeness (QED) is 0.156. The number of nitrogens with one attached hydrogen (secondary N) is 4. The van der Waals surface area contributed by atoms with Crippen LogP contribution in [0.3, 0.4) is 0 Å². The first-order chi connectivity index (χ1) is 16.8. The number of carbonyl (C=O) groups is 5. The lowest BCUT2D eigenvalue weighted by Crippen LogP contribution is -2.57. The molecule has 0 aliphatic heterocycles. The van der Waals surface area contributed by atoms with Gasteiger partial charge in [-0.3, -0.25) is 19.2 Å². The van der Waals surface area contributed by atoms with Crippen LogP contribution in [0.5, 0.6) is 0 Å². The monoisotopic (exact) mass is 510 g/mol. The number of nitrogens with zero attached hydrogens (tertiary/aromatic N) is 1. The number of amides is 3. The summed E-state index contributed by atoms with van der Waals surface area (Å²) in [6, 6.07) is -4.52. The minimum Gasteiger partial charge on any atom is -0.481 e. The number of aromatic amines is 1. The Labute approximate surface area is 210 Å². The van der Waals surface area contributed by atoms with Crippen molar-refractivity contribution in [3.63, 3.8) is 0 Å². The van der Waals surface area contributed by atoms with Crippen molar-refractivity contribution in [2.24, 2.45) is 17.6 Å². The molecule has 0 bridgehead atoms. The average Bonchev–Trinajstić information content (AvgIpc) is 3.27. The Morgan fingerprint density at radius 1 is 0.889 bits per heavy atom. The zero-order valence-corrected chi connectivity index (χ0v) is 21.1. The van der Waals surface area contributed by atoms with Crippen molar-refractivity contribution < 1.29 is 34.2 Å².